The maximum atomic E-state index is 12.7. The molecule has 0 fully saturated rings. The van der Waals surface area contributed by atoms with Crippen molar-refractivity contribution in [2.24, 2.45) is 0 Å². The number of hydrogen-bond acceptors (Lipinski definition) is 4. The summed E-state index contributed by atoms with van der Waals surface area (Å²) in [6.45, 7) is -0.192. The topological polar surface area (TPSA) is 75.7 Å². The molecule has 30 heavy (non-hydrogen) atoms. The number of aryl methyl sites for hydroxylation is 1. The summed E-state index contributed by atoms with van der Waals surface area (Å²) in [5.74, 6) is 0.200. The number of benzene rings is 2. The number of nitrogens with one attached hydrogen (secondary N) is 1. The zero-order valence-electron chi connectivity index (χ0n) is 16.6. The van der Waals surface area contributed by atoms with Gasteiger partial charge in [-0.15, -0.1) is 0 Å². The third-order valence-electron chi connectivity index (χ3n) is 4.29. The van der Waals surface area contributed by atoms with Crippen LogP contribution in [0.4, 0.5) is 18.9 Å². The van der Waals surface area contributed by atoms with Crippen molar-refractivity contribution < 1.29 is 31.1 Å². The van der Waals surface area contributed by atoms with Gasteiger partial charge in [-0.2, -0.15) is 13.2 Å². The second-order valence-electron chi connectivity index (χ2n) is 6.62. The number of rotatable bonds is 9. The molecule has 0 unspecified atom stereocenters. The average Bonchev–Trinajstić information content (AvgIpc) is 2.68. The molecule has 0 bridgehead atoms. The first-order chi connectivity index (χ1) is 14.0. The van der Waals surface area contributed by atoms with Crippen molar-refractivity contribution in [2.75, 3.05) is 30.8 Å². The van der Waals surface area contributed by atoms with Crippen LogP contribution < -0.4 is 14.4 Å². The first-order valence-electron chi connectivity index (χ1n) is 9.05. The third kappa shape index (κ3) is 6.94. The zero-order chi connectivity index (χ0) is 22.4. The molecule has 1 N–H and O–H groups in total. The van der Waals surface area contributed by atoms with Crippen molar-refractivity contribution in [3.05, 3.63) is 59.7 Å². The quantitative estimate of drug-likeness (QED) is 0.603. The van der Waals surface area contributed by atoms with E-state index in [4.69, 9.17) is 4.74 Å². The second kappa shape index (κ2) is 9.84. The van der Waals surface area contributed by atoms with E-state index in [9.17, 15) is 26.4 Å². The van der Waals surface area contributed by atoms with Gasteiger partial charge in [-0.1, -0.05) is 12.1 Å². The van der Waals surface area contributed by atoms with Crippen LogP contribution in [0.25, 0.3) is 0 Å². The van der Waals surface area contributed by atoms with Crippen LogP contribution in [0.3, 0.4) is 0 Å². The van der Waals surface area contributed by atoms with Crippen LogP contribution in [0, 0.1) is 0 Å². The lowest BCUT2D eigenvalue weighted by atomic mass is 10.1. The maximum absolute atomic E-state index is 12.7. The van der Waals surface area contributed by atoms with E-state index in [1.807, 2.05) is 24.3 Å². The highest BCUT2D eigenvalue weighted by molar-refractivity contribution is 7.92. The molecule has 0 aliphatic carbocycles. The van der Waals surface area contributed by atoms with E-state index in [1.165, 1.54) is 0 Å². The fraction of sp³-hybridized carbons (Fsp3) is 0.350. The van der Waals surface area contributed by atoms with Crippen molar-refractivity contribution in [1.29, 1.82) is 0 Å². The van der Waals surface area contributed by atoms with Gasteiger partial charge in [0.15, 0.2) is 0 Å². The number of methoxy groups -OCH3 is 1. The molecular formula is C20H23F3N2O4S. The summed E-state index contributed by atoms with van der Waals surface area (Å²) in [6.07, 6.45) is -2.30. The SMILES string of the molecule is COc1ccc(CCCNC(=O)CN(c2ccc(C(F)(F)F)cc2)S(C)(=O)=O)cc1. The highest BCUT2D eigenvalue weighted by Gasteiger charge is 2.30. The Kier molecular flexibility index (Phi) is 7.71. The van der Waals surface area contributed by atoms with Crippen molar-refractivity contribution >= 4 is 21.6 Å². The molecule has 2 aromatic rings. The van der Waals surface area contributed by atoms with E-state index in [1.54, 1.807) is 7.11 Å². The maximum Gasteiger partial charge on any atom is 0.416 e. The molecule has 0 heterocycles. The van der Waals surface area contributed by atoms with Gasteiger partial charge in [0.25, 0.3) is 0 Å². The van der Waals surface area contributed by atoms with Crippen LogP contribution in [-0.2, 0) is 27.4 Å². The van der Waals surface area contributed by atoms with Crippen molar-refractivity contribution in [2.45, 2.75) is 19.0 Å². The van der Waals surface area contributed by atoms with Crippen LogP contribution in [0.15, 0.2) is 48.5 Å². The number of ether oxygens (including phenoxy) is 1. The fourth-order valence-electron chi connectivity index (χ4n) is 2.72. The summed E-state index contributed by atoms with van der Waals surface area (Å²) in [6, 6.07) is 11.1. The molecule has 0 saturated carbocycles. The van der Waals surface area contributed by atoms with Crippen LogP contribution in [0.5, 0.6) is 5.75 Å². The molecule has 2 aromatic carbocycles. The Hall–Kier alpha value is -2.75. The van der Waals surface area contributed by atoms with Gasteiger partial charge in [0.1, 0.15) is 12.3 Å². The minimum absolute atomic E-state index is 0.0149. The Morgan fingerprint density at radius 1 is 1.07 bits per heavy atom. The van der Waals surface area contributed by atoms with Gasteiger partial charge >= 0.3 is 6.18 Å². The molecule has 0 saturated heterocycles. The van der Waals surface area contributed by atoms with E-state index in [2.05, 4.69) is 5.32 Å². The monoisotopic (exact) mass is 444 g/mol. The Labute approximate surface area is 173 Å². The largest absolute Gasteiger partial charge is 0.497 e. The van der Waals surface area contributed by atoms with Gasteiger partial charge in [0.05, 0.1) is 24.6 Å². The predicted octanol–water partition coefficient (Wildman–Crippen LogP) is 3.23. The fourth-order valence-corrected chi connectivity index (χ4v) is 3.57. The van der Waals surface area contributed by atoms with Gasteiger partial charge in [-0.05, 0) is 54.8 Å². The number of alkyl halides is 3. The molecule has 0 aliphatic rings. The Morgan fingerprint density at radius 2 is 1.67 bits per heavy atom. The number of nitrogens with zero attached hydrogens (tertiary/aromatic N) is 1. The standard InChI is InChI=1S/C20H23F3N2O4S/c1-29-18-11-5-15(6-12-18)4-3-13-24-19(26)14-25(30(2,27)28)17-9-7-16(8-10-17)20(21,22)23/h5-12H,3-4,13-14H2,1-2H3,(H,24,26). The molecule has 0 radical (unpaired) electrons. The summed E-state index contributed by atoms with van der Waals surface area (Å²) in [7, 11) is -2.28. The Morgan fingerprint density at radius 3 is 2.17 bits per heavy atom. The first kappa shape index (κ1) is 23.5. The second-order valence-corrected chi connectivity index (χ2v) is 8.52. The van der Waals surface area contributed by atoms with E-state index in [0.717, 1.165) is 46.1 Å². The number of anilines is 1. The first-order valence-corrected chi connectivity index (χ1v) is 10.9. The molecular weight excluding hydrogens is 421 g/mol. The molecule has 0 atom stereocenters. The Balaban J connectivity index is 1.92. The lowest BCUT2D eigenvalue weighted by Gasteiger charge is -2.22. The lowest BCUT2D eigenvalue weighted by Crippen LogP contribution is -2.40. The van der Waals surface area contributed by atoms with E-state index >= 15 is 0 Å². The number of sulfonamides is 1. The molecule has 6 nitrogen and oxygen atoms in total. The van der Waals surface area contributed by atoms with Crippen LogP contribution in [-0.4, -0.2) is 40.8 Å². The molecule has 2 rings (SSSR count). The molecule has 0 spiro atoms. The summed E-state index contributed by atoms with van der Waals surface area (Å²) < 4.78 is 68.0. The van der Waals surface area contributed by atoms with Gasteiger partial charge < -0.3 is 10.1 Å². The summed E-state index contributed by atoms with van der Waals surface area (Å²) >= 11 is 0. The number of halogens is 3. The predicted molar refractivity (Wildman–Crippen MR) is 108 cm³/mol. The van der Waals surface area contributed by atoms with Gasteiger partial charge in [0.2, 0.25) is 15.9 Å². The van der Waals surface area contributed by atoms with Crippen LogP contribution in [0.2, 0.25) is 0 Å². The lowest BCUT2D eigenvalue weighted by molar-refractivity contribution is -0.137. The molecule has 0 aliphatic heterocycles. The van der Waals surface area contributed by atoms with Crippen molar-refractivity contribution in [1.82, 2.24) is 5.32 Å². The summed E-state index contributed by atoms with van der Waals surface area (Å²) in [5.41, 5.74) is 0.147. The Bertz CT molecular complexity index is 944. The minimum atomic E-state index is -4.53. The number of carbonyl (C=O) groups excluding carboxylic acids is 1. The van der Waals surface area contributed by atoms with Crippen molar-refractivity contribution in [3.63, 3.8) is 0 Å². The third-order valence-corrected chi connectivity index (χ3v) is 5.43. The summed E-state index contributed by atoms with van der Waals surface area (Å²) in [5, 5.41) is 2.63. The van der Waals surface area contributed by atoms with E-state index < -0.39 is 34.2 Å². The zero-order valence-corrected chi connectivity index (χ0v) is 17.4. The number of hydrogen-bond donors (Lipinski definition) is 1. The highest BCUT2D eigenvalue weighted by atomic mass is 32.2. The normalized spacial score (nSPS) is 11.8. The van der Waals surface area contributed by atoms with Crippen molar-refractivity contribution in [3.8, 4) is 5.75 Å². The molecule has 164 valence electrons. The molecule has 0 aromatic heterocycles. The smallest absolute Gasteiger partial charge is 0.416 e. The van der Waals surface area contributed by atoms with Gasteiger partial charge in [-0.3, -0.25) is 9.10 Å². The molecule has 10 heteroatoms. The van der Waals surface area contributed by atoms with Gasteiger partial charge in [-0.25, -0.2) is 8.42 Å². The number of carbonyl (C=O) groups is 1. The highest BCUT2D eigenvalue weighted by Crippen LogP contribution is 2.30. The average molecular weight is 444 g/mol. The van der Waals surface area contributed by atoms with Crippen LogP contribution in [0.1, 0.15) is 17.5 Å². The summed E-state index contributed by atoms with van der Waals surface area (Å²) in [4.78, 5) is 12.2. The molecule has 1 amide bonds. The van der Waals surface area contributed by atoms with E-state index in [0.29, 0.717) is 19.4 Å². The number of amides is 1. The van der Waals surface area contributed by atoms with Crippen LogP contribution >= 0.6 is 0 Å². The van der Waals surface area contributed by atoms with Gasteiger partial charge in [0, 0.05) is 6.54 Å². The minimum Gasteiger partial charge on any atom is -0.497 e. The van der Waals surface area contributed by atoms with E-state index in [-0.39, 0.29) is 5.69 Å².